The number of benzene rings is 1. The van der Waals surface area contributed by atoms with Crippen molar-refractivity contribution in [3.05, 3.63) is 64.0 Å². The molecule has 3 aromatic rings. The highest BCUT2D eigenvalue weighted by molar-refractivity contribution is 6.31. The highest BCUT2D eigenvalue weighted by atomic mass is 35.5. The van der Waals surface area contributed by atoms with E-state index >= 15 is 0 Å². The van der Waals surface area contributed by atoms with Crippen LogP contribution in [0.15, 0.2) is 36.5 Å². The van der Waals surface area contributed by atoms with Gasteiger partial charge in [0.05, 0.1) is 21.4 Å². The summed E-state index contributed by atoms with van der Waals surface area (Å²) in [6, 6.07) is 6.35. The zero-order chi connectivity index (χ0) is 17.4. The highest BCUT2D eigenvalue weighted by Gasteiger charge is 2.18. The van der Waals surface area contributed by atoms with E-state index in [-0.39, 0.29) is 21.4 Å². The van der Waals surface area contributed by atoms with Crippen LogP contribution in [-0.4, -0.2) is 25.8 Å². The third-order valence-corrected chi connectivity index (χ3v) is 3.72. The van der Waals surface area contributed by atoms with E-state index in [0.717, 1.165) is 6.07 Å². The Labute approximate surface area is 144 Å². The molecule has 1 N–H and O–H groups in total. The van der Waals surface area contributed by atoms with Crippen molar-refractivity contribution in [1.29, 1.82) is 0 Å². The van der Waals surface area contributed by atoms with E-state index < -0.39 is 17.7 Å². The van der Waals surface area contributed by atoms with Gasteiger partial charge in [-0.2, -0.15) is 9.49 Å². The second kappa shape index (κ2) is 6.18. The molecule has 9 heteroatoms. The molecule has 5 nitrogen and oxygen atoms in total. The number of aromatic nitrogens is 3. The third kappa shape index (κ3) is 2.95. The Kier molecular flexibility index (Phi) is 4.21. The fourth-order valence-electron chi connectivity index (χ4n) is 2.07. The molecule has 0 unspecified atom stereocenters. The number of halogens is 4. The molecule has 0 bridgehead atoms. The summed E-state index contributed by atoms with van der Waals surface area (Å²) >= 11 is 11.5. The molecule has 0 radical (unpaired) electrons. The van der Waals surface area contributed by atoms with Crippen molar-refractivity contribution in [1.82, 2.24) is 14.8 Å². The fraction of sp³-hybridized carbons (Fsp3) is 0. The van der Waals surface area contributed by atoms with Gasteiger partial charge in [-0.05, 0) is 30.3 Å². The lowest BCUT2D eigenvalue weighted by Gasteiger charge is -2.08. The molecule has 2 heterocycles. The van der Waals surface area contributed by atoms with Gasteiger partial charge in [0.2, 0.25) is 5.95 Å². The van der Waals surface area contributed by atoms with E-state index in [0.29, 0.717) is 11.3 Å². The van der Waals surface area contributed by atoms with Crippen molar-refractivity contribution < 1.29 is 18.7 Å². The molecule has 24 heavy (non-hydrogen) atoms. The van der Waals surface area contributed by atoms with E-state index in [2.05, 4.69) is 10.1 Å². The number of nitrogens with zero attached hydrogens (tertiary/aromatic N) is 3. The van der Waals surface area contributed by atoms with Gasteiger partial charge in [-0.3, -0.25) is 0 Å². The normalized spacial score (nSPS) is 10.8. The molecule has 2 aromatic heterocycles. The third-order valence-electron chi connectivity index (χ3n) is 3.17. The van der Waals surface area contributed by atoms with Crippen LogP contribution in [-0.2, 0) is 0 Å². The molecule has 0 saturated heterocycles. The molecular formula is C15H7Cl2F2N3O2. The number of hydrogen-bond donors (Lipinski definition) is 1. The smallest absolute Gasteiger partial charge is 0.356 e. The summed E-state index contributed by atoms with van der Waals surface area (Å²) < 4.78 is 27.8. The predicted octanol–water partition coefficient (Wildman–Crippen LogP) is 4.22. The van der Waals surface area contributed by atoms with Gasteiger partial charge in [0.25, 0.3) is 0 Å². The second-order valence-corrected chi connectivity index (χ2v) is 5.54. The number of aromatic carboxylic acids is 1. The summed E-state index contributed by atoms with van der Waals surface area (Å²) in [5.41, 5.74) is 0.682. The first kappa shape index (κ1) is 16.4. The average Bonchev–Trinajstić information content (AvgIpc) is 2.98. The lowest BCUT2D eigenvalue weighted by atomic mass is 10.2. The van der Waals surface area contributed by atoms with Crippen molar-refractivity contribution in [2.45, 2.75) is 0 Å². The lowest BCUT2D eigenvalue weighted by molar-refractivity contribution is 0.0690. The number of rotatable bonds is 3. The predicted molar refractivity (Wildman–Crippen MR) is 83.7 cm³/mol. The Bertz CT molecular complexity index is 891. The molecule has 1 aromatic carbocycles. The van der Waals surface area contributed by atoms with Gasteiger partial charge in [-0.15, -0.1) is 0 Å². The number of pyridine rings is 1. The van der Waals surface area contributed by atoms with Crippen LogP contribution < -0.4 is 0 Å². The Hall–Kier alpha value is -2.51. The minimum absolute atomic E-state index is 0.152. The molecule has 0 aliphatic heterocycles. The van der Waals surface area contributed by atoms with Crippen LogP contribution >= 0.6 is 23.2 Å². The Morgan fingerprint density at radius 2 is 1.88 bits per heavy atom. The molecule has 3 rings (SSSR count). The van der Waals surface area contributed by atoms with Gasteiger partial charge >= 0.3 is 5.97 Å². The summed E-state index contributed by atoms with van der Waals surface area (Å²) in [7, 11) is 0. The van der Waals surface area contributed by atoms with Gasteiger partial charge < -0.3 is 5.11 Å². The molecule has 0 amide bonds. The van der Waals surface area contributed by atoms with Crippen LogP contribution in [0.2, 0.25) is 10.0 Å². The molecule has 122 valence electrons. The quantitative estimate of drug-likeness (QED) is 0.701. The standard InChI is InChI=1S/C15H7Cl2F2N3O2/c16-9-4-8(1-2-11(9)18)22-13(5-12(21-22)15(23)24)7-3-10(17)14(19)20-6-7/h1-6H,(H,23,24). The van der Waals surface area contributed by atoms with Crippen molar-refractivity contribution >= 4 is 29.2 Å². The fourth-order valence-corrected chi connectivity index (χ4v) is 2.41. The van der Waals surface area contributed by atoms with Crippen molar-refractivity contribution in [3.63, 3.8) is 0 Å². The maximum Gasteiger partial charge on any atom is 0.356 e. The van der Waals surface area contributed by atoms with Gasteiger partial charge in [0, 0.05) is 11.8 Å². The Morgan fingerprint density at radius 1 is 1.12 bits per heavy atom. The first-order chi connectivity index (χ1) is 11.4. The van der Waals surface area contributed by atoms with Crippen LogP contribution in [0.5, 0.6) is 0 Å². The zero-order valence-electron chi connectivity index (χ0n) is 11.7. The maximum absolute atomic E-state index is 13.3. The summed E-state index contributed by atoms with van der Waals surface area (Å²) in [5.74, 6) is -2.74. The van der Waals surface area contributed by atoms with Crippen LogP contribution in [0.1, 0.15) is 10.5 Å². The maximum atomic E-state index is 13.3. The van der Waals surface area contributed by atoms with Crippen LogP contribution in [0.25, 0.3) is 16.9 Å². The number of hydrogen-bond acceptors (Lipinski definition) is 3. The van der Waals surface area contributed by atoms with Crippen LogP contribution in [0, 0.1) is 11.8 Å². The van der Waals surface area contributed by atoms with E-state index in [4.69, 9.17) is 28.3 Å². The largest absolute Gasteiger partial charge is 0.476 e. The van der Waals surface area contributed by atoms with Crippen molar-refractivity contribution in [3.8, 4) is 16.9 Å². The summed E-state index contributed by atoms with van der Waals surface area (Å²) in [4.78, 5) is 14.7. The molecule has 0 fully saturated rings. The Morgan fingerprint density at radius 3 is 2.50 bits per heavy atom. The lowest BCUT2D eigenvalue weighted by Crippen LogP contribution is -2.03. The number of carboxylic acids is 1. The Balaban J connectivity index is 2.22. The molecule has 0 aliphatic rings. The zero-order valence-corrected chi connectivity index (χ0v) is 13.2. The monoisotopic (exact) mass is 369 g/mol. The van der Waals surface area contributed by atoms with Crippen molar-refractivity contribution in [2.24, 2.45) is 0 Å². The molecule has 0 aliphatic carbocycles. The SMILES string of the molecule is O=C(O)c1cc(-c2cnc(F)c(Cl)c2)n(-c2ccc(F)c(Cl)c2)n1. The van der Waals surface area contributed by atoms with Crippen LogP contribution in [0.3, 0.4) is 0 Å². The van der Waals surface area contributed by atoms with E-state index in [9.17, 15) is 13.6 Å². The first-order valence-corrected chi connectivity index (χ1v) is 7.22. The minimum atomic E-state index is -1.26. The van der Waals surface area contributed by atoms with E-state index in [1.807, 2.05) is 0 Å². The second-order valence-electron chi connectivity index (χ2n) is 4.73. The van der Waals surface area contributed by atoms with E-state index in [1.54, 1.807) is 0 Å². The number of carboxylic acid groups (broad SMARTS) is 1. The molecular weight excluding hydrogens is 363 g/mol. The average molecular weight is 370 g/mol. The topological polar surface area (TPSA) is 68.0 Å². The highest BCUT2D eigenvalue weighted by Crippen LogP contribution is 2.28. The van der Waals surface area contributed by atoms with E-state index in [1.165, 1.54) is 35.1 Å². The minimum Gasteiger partial charge on any atom is -0.476 e. The summed E-state index contributed by atoms with van der Waals surface area (Å²) in [6.45, 7) is 0. The van der Waals surface area contributed by atoms with Gasteiger partial charge in [0.1, 0.15) is 5.82 Å². The molecule has 0 saturated carbocycles. The van der Waals surface area contributed by atoms with Crippen molar-refractivity contribution in [2.75, 3.05) is 0 Å². The summed E-state index contributed by atoms with van der Waals surface area (Å²) in [6.07, 6.45) is 1.19. The van der Waals surface area contributed by atoms with Gasteiger partial charge in [-0.25, -0.2) is 18.9 Å². The first-order valence-electron chi connectivity index (χ1n) is 6.47. The van der Waals surface area contributed by atoms with Gasteiger partial charge in [-0.1, -0.05) is 23.2 Å². The molecule has 0 atom stereocenters. The van der Waals surface area contributed by atoms with Crippen LogP contribution in [0.4, 0.5) is 8.78 Å². The van der Waals surface area contributed by atoms with Gasteiger partial charge in [0.15, 0.2) is 5.69 Å². The number of carbonyl (C=O) groups is 1. The summed E-state index contributed by atoms with van der Waals surface area (Å²) in [5, 5.41) is 12.7. The molecule has 0 spiro atoms.